The van der Waals surface area contributed by atoms with E-state index in [1.807, 2.05) is 41.3 Å². The van der Waals surface area contributed by atoms with Crippen LogP contribution < -0.4 is 0 Å². The fraction of sp³-hybridized carbons (Fsp3) is 0.238. The van der Waals surface area contributed by atoms with E-state index >= 15 is 0 Å². The number of amides is 1. The summed E-state index contributed by atoms with van der Waals surface area (Å²) >= 11 is 0. The number of rotatable bonds is 4. The number of carbonyl (C=O) groups excluding carboxylic acids is 1. The molecule has 1 fully saturated rings. The van der Waals surface area contributed by atoms with Crippen LogP contribution in [0.1, 0.15) is 28.9 Å². The van der Waals surface area contributed by atoms with Gasteiger partial charge in [0.25, 0.3) is 5.91 Å². The molecular formula is C21H20FN3O. The minimum atomic E-state index is -0.237. The van der Waals surface area contributed by atoms with Crippen LogP contribution in [-0.4, -0.2) is 33.6 Å². The maximum Gasteiger partial charge on any atom is 0.272 e. The highest BCUT2D eigenvalue weighted by atomic mass is 19.1. The predicted molar refractivity (Wildman–Crippen MR) is 98.2 cm³/mol. The van der Waals surface area contributed by atoms with E-state index in [0.29, 0.717) is 12.1 Å². The van der Waals surface area contributed by atoms with Crippen LogP contribution in [0.3, 0.4) is 0 Å². The number of aromatic nitrogens is 2. The number of nitrogens with one attached hydrogen (secondary N) is 1. The lowest BCUT2D eigenvalue weighted by atomic mass is 10.0. The standard InChI is InChI=1S/C21H20FN3O/c22-17-9-4-6-15(12-17)13-18-10-5-11-25(18)21(26)20-14-19(23-24-20)16-7-2-1-3-8-16/h1-4,6-9,12,14,18H,5,10-11,13H2,(H,23,24). The molecule has 0 bridgehead atoms. The Labute approximate surface area is 151 Å². The lowest BCUT2D eigenvalue weighted by Crippen LogP contribution is -2.37. The molecule has 2 heterocycles. The summed E-state index contributed by atoms with van der Waals surface area (Å²) in [6.07, 6.45) is 2.57. The van der Waals surface area contributed by atoms with Crippen LogP contribution in [0.2, 0.25) is 0 Å². The summed E-state index contributed by atoms with van der Waals surface area (Å²) < 4.78 is 13.4. The minimum Gasteiger partial charge on any atom is -0.334 e. The van der Waals surface area contributed by atoms with Crippen molar-refractivity contribution in [3.63, 3.8) is 0 Å². The van der Waals surface area contributed by atoms with Crippen LogP contribution in [0.25, 0.3) is 11.3 Å². The molecule has 4 nitrogen and oxygen atoms in total. The molecule has 2 aromatic carbocycles. The molecule has 26 heavy (non-hydrogen) atoms. The van der Waals surface area contributed by atoms with Gasteiger partial charge in [0.05, 0.1) is 5.69 Å². The number of halogens is 1. The van der Waals surface area contributed by atoms with Gasteiger partial charge >= 0.3 is 0 Å². The first-order chi connectivity index (χ1) is 12.7. The van der Waals surface area contributed by atoms with E-state index in [2.05, 4.69) is 10.2 Å². The minimum absolute atomic E-state index is 0.0430. The molecule has 1 aliphatic heterocycles. The van der Waals surface area contributed by atoms with Crippen molar-refractivity contribution in [2.75, 3.05) is 6.54 Å². The Kier molecular flexibility index (Phi) is 4.52. The number of H-pyrrole nitrogens is 1. The Morgan fingerprint density at radius 1 is 1.15 bits per heavy atom. The zero-order chi connectivity index (χ0) is 17.9. The van der Waals surface area contributed by atoms with Crippen molar-refractivity contribution < 1.29 is 9.18 Å². The maximum atomic E-state index is 13.4. The molecule has 0 aliphatic carbocycles. The first kappa shape index (κ1) is 16.5. The zero-order valence-corrected chi connectivity index (χ0v) is 14.4. The van der Waals surface area contributed by atoms with Gasteiger partial charge < -0.3 is 4.90 Å². The van der Waals surface area contributed by atoms with E-state index in [4.69, 9.17) is 0 Å². The smallest absolute Gasteiger partial charge is 0.272 e. The van der Waals surface area contributed by atoms with Crippen LogP contribution in [0, 0.1) is 5.82 Å². The summed E-state index contributed by atoms with van der Waals surface area (Å²) in [5.41, 5.74) is 3.15. The fourth-order valence-electron chi connectivity index (χ4n) is 3.59. The highest BCUT2D eigenvalue weighted by Gasteiger charge is 2.30. The van der Waals surface area contributed by atoms with Gasteiger partial charge in [-0.3, -0.25) is 9.89 Å². The van der Waals surface area contributed by atoms with Crippen molar-refractivity contribution in [3.8, 4) is 11.3 Å². The van der Waals surface area contributed by atoms with Gasteiger partial charge in [-0.2, -0.15) is 5.10 Å². The number of nitrogens with zero attached hydrogens (tertiary/aromatic N) is 2. The number of carbonyl (C=O) groups is 1. The van der Waals surface area contributed by atoms with E-state index in [1.165, 1.54) is 6.07 Å². The summed E-state index contributed by atoms with van der Waals surface area (Å²) in [7, 11) is 0. The molecule has 1 saturated heterocycles. The van der Waals surface area contributed by atoms with Gasteiger partial charge in [0, 0.05) is 18.2 Å². The van der Waals surface area contributed by atoms with Crippen LogP contribution in [0.15, 0.2) is 60.7 Å². The molecule has 1 atom stereocenters. The number of hydrogen-bond acceptors (Lipinski definition) is 2. The molecule has 1 aliphatic rings. The van der Waals surface area contributed by atoms with E-state index in [9.17, 15) is 9.18 Å². The van der Waals surface area contributed by atoms with Crippen molar-refractivity contribution in [2.24, 2.45) is 0 Å². The van der Waals surface area contributed by atoms with Crippen molar-refractivity contribution in [1.82, 2.24) is 15.1 Å². The largest absolute Gasteiger partial charge is 0.334 e. The van der Waals surface area contributed by atoms with Gasteiger partial charge in [-0.15, -0.1) is 0 Å². The third-order valence-corrected chi connectivity index (χ3v) is 4.88. The quantitative estimate of drug-likeness (QED) is 0.772. The molecule has 1 N–H and O–H groups in total. The van der Waals surface area contributed by atoms with E-state index in [-0.39, 0.29) is 17.8 Å². The normalized spacial score (nSPS) is 16.8. The Hall–Kier alpha value is -2.95. The van der Waals surface area contributed by atoms with Crippen molar-refractivity contribution in [3.05, 3.63) is 77.7 Å². The summed E-state index contributed by atoms with van der Waals surface area (Å²) in [6.45, 7) is 0.721. The number of benzene rings is 2. The predicted octanol–water partition coefficient (Wildman–Crippen LogP) is 4.06. The second-order valence-electron chi connectivity index (χ2n) is 6.66. The first-order valence-corrected chi connectivity index (χ1v) is 8.87. The van der Waals surface area contributed by atoms with Gasteiger partial charge in [-0.05, 0) is 43.0 Å². The van der Waals surface area contributed by atoms with Crippen molar-refractivity contribution in [1.29, 1.82) is 0 Å². The topological polar surface area (TPSA) is 49.0 Å². The third kappa shape index (κ3) is 3.38. The summed E-state index contributed by atoms with van der Waals surface area (Å²) in [5.74, 6) is -0.280. The Balaban J connectivity index is 1.51. The fourth-order valence-corrected chi connectivity index (χ4v) is 3.59. The second-order valence-corrected chi connectivity index (χ2v) is 6.66. The number of likely N-dealkylation sites (tertiary alicyclic amines) is 1. The van der Waals surface area contributed by atoms with E-state index < -0.39 is 0 Å². The van der Waals surface area contributed by atoms with E-state index in [0.717, 1.165) is 36.2 Å². The highest BCUT2D eigenvalue weighted by Crippen LogP contribution is 2.24. The zero-order valence-electron chi connectivity index (χ0n) is 14.4. The molecule has 3 aromatic rings. The van der Waals surface area contributed by atoms with Crippen LogP contribution in [0.5, 0.6) is 0 Å². The molecule has 4 rings (SSSR count). The lowest BCUT2D eigenvalue weighted by Gasteiger charge is -2.24. The summed E-state index contributed by atoms with van der Waals surface area (Å²) in [5, 5.41) is 7.15. The molecule has 5 heteroatoms. The van der Waals surface area contributed by atoms with Crippen molar-refractivity contribution in [2.45, 2.75) is 25.3 Å². The molecule has 0 radical (unpaired) electrons. The van der Waals surface area contributed by atoms with Crippen LogP contribution in [-0.2, 0) is 6.42 Å². The molecule has 1 unspecified atom stereocenters. The monoisotopic (exact) mass is 349 g/mol. The Morgan fingerprint density at radius 2 is 2.00 bits per heavy atom. The van der Waals surface area contributed by atoms with Crippen molar-refractivity contribution >= 4 is 5.91 Å². The Morgan fingerprint density at radius 3 is 2.81 bits per heavy atom. The average molecular weight is 349 g/mol. The molecular weight excluding hydrogens is 329 g/mol. The molecule has 0 saturated carbocycles. The molecule has 1 amide bonds. The number of hydrogen-bond donors (Lipinski definition) is 1. The van der Waals surface area contributed by atoms with Gasteiger partial charge in [-0.25, -0.2) is 4.39 Å². The van der Waals surface area contributed by atoms with Crippen LogP contribution >= 0.6 is 0 Å². The maximum absolute atomic E-state index is 13.4. The first-order valence-electron chi connectivity index (χ1n) is 8.87. The SMILES string of the molecule is O=C(c1cc(-c2ccccc2)n[nH]1)N1CCCC1Cc1cccc(F)c1. The molecule has 1 aromatic heterocycles. The van der Waals surface area contributed by atoms with Gasteiger partial charge in [0.1, 0.15) is 11.5 Å². The third-order valence-electron chi connectivity index (χ3n) is 4.88. The van der Waals surface area contributed by atoms with Gasteiger partial charge in [0.2, 0.25) is 0 Å². The molecule has 132 valence electrons. The van der Waals surface area contributed by atoms with Crippen LogP contribution in [0.4, 0.5) is 4.39 Å². The number of aromatic amines is 1. The van der Waals surface area contributed by atoms with Gasteiger partial charge in [0.15, 0.2) is 0 Å². The highest BCUT2D eigenvalue weighted by molar-refractivity contribution is 5.93. The van der Waals surface area contributed by atoms with E-state index in [1.54, 1.807) is 18.2 Å². The molecule has 0 spiro atoms. The van der Waals surface area contributed by atoms with Gasteiger partial charge in [-0.1, -0.05) is 42.5 Å². The summed E-state index contributed by atoms with van der Waals surface area (Å²) in [6, 6.07) is 18.3. The average Bonchev–Trinajstić information content (AvgIpc) is 3.32. The second kappa shape index (κ2) is 7.12. The summed E-state index contributed by atoms with van der Waals surface area (Å²) in [4.78, 5) is 14.8. The lowest BCUT2D eigenvalue weighted by molar-refractivity contribution is 0.0730. The Bertz CT molecular complexity index is 906.